The second-order valence-corrected chi connectivity index (χ2v) is 5.28. The number of piperidine rings is 1. The molecule has 2 heterocycles. The van der Waals surface area contributed by atoms with Gasteiger partial charge < -0.3 is 4.90 Å². The number of likely N-dealkylation sites (tertiary alicyclic amines) is 1. The molecule has 0 atom stereocenters. The molecule has 16 heavy (non-hydrogen) atoms. The molecular formula is C12H19N3S. The van der Waals surface area contributed by atoms with Crippen molar-refractivity contribution in [2.45, 2.75) is 30.8 Å². The van der Waals surface area contributed by atoms with Crippen molar-refractivity contribution in [1.82, 2.24) is 14.9 Å². The number of thioether (sulfide) groups is 1. The Bertz CT molecular complexity index is 359. The summed E-state index contributed by atoms with van der Waals surface area (Å²) in [7, 11) is 2.19. The molecular weight excluding hydrogens is 218 g/mol. The molecule has 1 fully saturated rings. The van der Waals surface area contributed by atoms with E-state index in [9.17, 15) is 0 Å². The fraction of sp³-hybridized carbons (Fsp3) is 0.667. The first kappa shape index (κ1) is 11.9. The summed E-state index contributed by atoms with van der Waals surface area (Å²) < 4.78 is 0. The normalized spacial score (nSPS) is 18.9. The smallest absolute Gasteiger partial charge is 0.187 e. The van der Waals surface area contributed by atoms with E-state index in [0.717, 1.165) is 5.16 Å². The molecule has 1 saturated heterocycles. The second-order valence-electron chi connectivity index (χ2n) is 4.50. The molecule has 0 radical (unpaired) electrons. The van der Waals surface area contributed by atoms with Crippen LogP contribution >= 0.6 is 11.8 Å². The van der Waals surface area contributed by atoms with E-state index in [1.165, 1.54) is 37.2 Å². The first-order valence-corrected chi connectivity index (χ1v) is 6.99. The molecule has 0 N–H and O–H groups in total. The van der Waals surface area contributed by atoms with Crippen LogP contribution in [0.25, 0.3) is 0 Å². The Kier molecular flexibility index (Phi) is 3.82. The van der Waals surface area contributed by atoms with E-state index in [4.69, 9.17) is 0 Å². The van der Waals surface area contributed by atoms with Gasteiger partial charge in [-0.25, -0.2) is 9.97 Å². The van der Waals surface area contributed by atoms with Crippen molar-refractivity contribution in [2.24, 2.45) is 0 Å². The van der Waals surface area contributed by atoms with Gasteiger partial charge in [-0.3, -0.25) is 0 Å². The van der Waals surface area contributed by atoms with E-state index >= 15 is 0 Å². The van der Waals surface area contributed by atoms with Crippen LogP contribution in [0.5, 0.6) is 0 Å². The van der Waals surface area contributed by atoms with Crippen LogP contribution in [0, 0.1) is 6.92 Å². The second kappa shape index (κ2) is 5.15. The lowest BCUT2D eigenvalue weighted by molar-refractivity contribution is 0.252. The van der Waals surface area contributed by atoms with Crippen LogP contribution in [0.2, 0.25) is 0 Å². The van der Waals surface area contributed by atoms with Crippen molar-refractivity contribution < 1.29 is 0 Å². The number of hydrogen-bond acceptors (Lipinski definition) is 4. The van der Waals surface area contributed by atoms with E-state index < -0.39 is 0 Å². The van der Waals surface area contributed by atoms with Crippen LogP contribution in [-0.4, -0.2) is 41.3 Å². The minimum absolute atomic E-state index is 0.630. The Balaban J connectivity index is 2.19. The predicted molar refractivity (Wildman–Crippen MR) is 68.0 cm³/mol. The molecule has 2 rings (SSSR count). The third kappa shape index (κ3) is 2.55. The summed E-state index contributed by atoms with van der Waals surface area (Å²) >= 11 is 1.62. The van der Waals surface area contributed by atoms with E-state index in [1.807, 2.05) is 12.5 Å². The van der Waals surface area contributed by atoms with Gasteiger partial charge >= 0.3 is 0 Å². The highest BCUT2D eigenvalue weighted by Gasteiger charge is 2.21. The van der Waals surface area contributed by atoms with Crippen LogP contribution in [0.15, 0.2) is 11.4 Å². The maximum absolute atomic E-state index is 4.67. The topological polar surface area (TPSA) is 29.0 Å². The molecule has 1 aromatic rings. The van der Waals surface area contributed by atoms with Crippen molar-refractivity contribution in [3.63, 3.8) is 0 Å². The molecule has 0 amide bonds. The largest absolute Gasteiger partial charge is 0.306 e. The van der Waals surface area contributed by atoms with Crippen LogP contribution in [-0.2, 0) is 0 Å². The lowest BCUT2D eigenvalue weighted by atomic mass is 9.91. The summed E-state index contributed by atoms with van der Waals surface area (Å²) in [5.74, 6) is 0.630. The zero-order valence-corrected chi connectivity index (χ0v) is 11.0. The highest BCUT2D eigenvalue weighted by Crippen LogP contribution is 2.28. The number of rotatable bonds is 2. The van der Waals surface area contributed by atoms with Gasteiger partial charge in [0.25, 0.3) is 0 Å². The Morgan fingerprint density at radius 2 is 2.06 bits per heavy atom. The minimum Gasteiger partial charge on any atom is -0.306 e. The van der Waals surface area contributed by atoms with Gasteiger partial charge in [-0.2, -0.15) is 0 Å². The van der Waals surface area contributed by atoms with E-state index in [2.05, 4.69) is 28.8 Å². The van der Waals surface area contributed by atoms with Crippen LogP contribution < -0.4 is 0 Å². The summed E-state index contributed by atoms with van der Waals surface area (Å²) in [6.07, 6.45) is 6.44. The molecule has 4 heteroatoms. The third-order valence-electron chi connectivity index (χ3n) is 3.28. The van der Waals surface area contributed by atoms with Crippen LogP contribution in [0.3, 0.4) is 0 Å². The maximum Gasteiger partial charge on any atom is 0.187 e. The number of aryl methyl sites for hydroxylation is 1. The van der Waals surface area contributed by atoms with Crippen LogP contribution in [0.1, 0.15) is 30.0 Å². The van der Waals surface area contributed by atoms with Crippen molar-refractivity contribution in [1.29, 1.82) is 0 Å². The van der Waals surface area contributed by atoms with Crippen molar-refractivity contribution >= 4 is 11.8 Å². The summed E-state index contributed by atoms with van der Waals surface area (Å²) in [5, 5.41) is 0.902. The van der Waals surface area contributed by atoms with Gasteiger partial charge in [0.15, 0.2) is 5.16 Å². The summed E-state index contributed by atoms with van der Waals surface area (Å²) in [6.45, 7) is 4.49. The molecule has 0 unspecified atom stereocenters. The van der Waals surface area contributed by atoms with Gasteiger partial charge in [-0.1, -0.05) is 11.8 Å². The monoisotopic (exact) mass is 237 g/mol. The van der Waals surface area contributed by atoms with Gasteiger partial charge in [0.1, 0.15) is 0 Å². The maximum atomic E-state index is 4.67. The zero-order valence-electron chi connectivity index (χ0n) is 10.2. The molecule has 1 aliphatic rings. The quantitative estimate of drug-likeness (QED) is 0.583. The SMILES string of the molecule is CSc1ncc(C)c(C2CCN(C)CC2)n1. The molecule has 88 valence electrons. The first-order chi connectivity index (χ1) is 7.70. The highest BCUT2D eigenvalue weighted by molar-refractivity contribution is 7.98. The fourth-order valence-electron chi connectivity index (χ4n) is 2.23. The average Bonchev–Trinajstić information content (AvgIpc) is 2.31. The van der Waals surface area contributed by atoms with E-state index in [-0.39, 0.29) is 0 Å². The predicted octanol–water partition coefficient (Wildman–Crippen LogP) is 2.32. The van der Waals surface area contributed by atoms with Crippen molar-refractivity contribution in [2.75, 3.05) is 26.4 Å². The standard InChI is InChI=1S/C12H19N3S/c1-9-8-13-12(16-3)14-11(9)10-4-6-15(2)7-5-10/h8,10H,4-7H2,1-3H3. The van der Waals surface area contributed by atoms with Crippen LogP contribution in [0.4, 0.5) is 0 Å². The Labute approximate surface area is 102 Å². The molecule has 1 aliphatic heterocycles. The van der Waals surface area contributed by atoms with Gasteiger partial charge in [-0.05, 0) is 51.7 Å². The number of nitrogens with zero attached hydrogens (tertiary/aromatic N) is 3. The molecule has 0 bridgehead atoms. The van der Waals surface area contributed by atoms with Crippen molar-refractivity contribution in [3.8, 4) is 0 Å². The fourth-order valence-corrected chi connectivity index (χ4v) is 2.58. The third-order valence-corrected chi connectivity index (χ3v) is 3.84. The Hall–Kier alpha value is -0.610. The number of hydrogen-bond donors (Lipinski definition) is 0. The Morgan fingerprint density at radius 1 is 1.38 bits per heavy atom. The molecule has 0 aromatic carbocycles. The number of aromatic nitrogens is 2. The van der Waals surface area contributed by atoms with Gasteiger partial charge in [-0.15, -0.1) is 0 Å². The van der Waals surface area contributed by atoms with E-state index in [1.54, 1.807) is 11.8 Å². The highest BCUT2D eigenvalue weighted by atomic mass is 32.2. The van der Waals surface area contributed by atoms with Gasteiger partial charge in [0.05, 0.1) is 5.69 Å². The van der Waals surface area contributed by atoms with Crippen molar-refractivity contribution in [3.05, 3.63) is 17.5 Å². The lowest BCUT2D eigenvalue weighted by Gasteiger charge is -2.29. The lowest BCUT2D eigenvalue weighted by Crippen LogP contribution is -2.29. The average molecular weight is 237 g/mol. The molecule has 1 aromatic heterocycles. The minimum atomic E-state index is 0.630. The molecule has 0 saturated carbocycles. The molecule has 0 spiro atoms. The summed E-state index contributed by atoms with van der Waals surface area (Å²) in [5.41, 5.74) is 2.51. The summed E-state index contributed by atoms with van der Waals surface area (Å²) in [4.78, 5) is 11.4. The first-order valence-electron chi connectivity index (χ1n) is 5.76. The van der Waals surface area contributed by atoms with E-state index in [0.29, 0.717) is 5.92 Å². The molecule has 0 aliphatic carbocycles. The summed E-state index contributed by atoms with van der Waals surface area (Å²) in [6, 6.07) is 0. The molecule has 3 nitrogen and oxygen atoms in total. The van der Waals surface area contributed by atoms with Gasteiger partial charge in [0, 0.05) is 12.1 Å². The van der Waals surface area contributed by atoms with Gasteiger partial charge in [0.2, 0.25) is 0 Å². The zero-order chi connectivity index (χ0) is 11.5. The Morgan fingerprint density at radius 3 is 2.69 bits per heavy atom.